The maximum Gasteiger partial charge on any atom is 0.264 e. The van der Waals surface area contributed by atoms with Gasteiger partial charge in [-0.15, -0.1) is 11.3 Å². The maximum absolute atomic E-state index is 12.4. The van der Waals surface area contributed by atoms with E-state index < -0.39 is 0 Å². The lowest BCUT2D eigenvalue weighted by Gasteiger charge is -2.18. The fraction of sp³-hybridized carbons (Fsp3) is 0.267. The van der Waals surface area contributed by atoms with Gasteiger partial charge in [-0.2, -0.15) is 0 Å². The summed E-state index contributed by atoms with van der Waals surface area (Å²) in [6.07, 6.45) is 0. The number of hydrogen-bond donors (Lipinski definition) is 0. The van der Waals surface area contributed by atoms with E-state index in [1.54, 1.807) is 4.90 Å². The molecule has 0 unspecified atom stereocenters. The fourth-order valence-electron chi connectivity index (χ4n) is 1.99. The van der Waals surface area contributed by atoms with E-state index in [1.807, 2.05) is 13.1 Å². The summed E-state index contributed by atoms with van der Waals surface area (Å²) in [5, 5.41) is 0. The van der Waals surface area contributed by atoms with E-state index in [0.29, 0.717) is 6.54 Å². The average Bonchev–Trinajstić information content (AvgIpc) is 2.72. The number of thiophene rings is 1. The number of hydrogen-bond acceptors (Lipinski definition) is 2. The number of rotatable bonds is 3. The highest BCUT2D eigenvalue weighted by Gasteiger charge is 2.16. The van der Waals surface area contributed by atoms with E-state index >= 15 is 0 Å². The van der Waals surface area contributed by atoms with E-state index in [2.05, 4.69) is 63.9 Å². The van der Waals surface area contributed by atoms with E-state index in [1.165, 1.54) is 28.0 Å². The molecule has 20 heavy (non-hydrogen) atoms. The second-order valence-corrected chi connectivity index (χ2v) is 8.05. The molecule has 1 aromatic carbocycles. The second kappa shape index (κ2) is 6.41. The SMILES string of the molecule is Cc1ccc(CN(C)C(=O)c2cc(Br)c(Br)s2)c(C)c1. The molecule has 0 saturated heterocycles. The first kappa shape index (κ1) is 15.7. The molecule has 0 bridgehead atoms. The summed E-state index contributed by atoms with van der Waals surface area (Å²) in [4.78, 5) is 14.9. The van der Waals surface area contributed by atoms with Crippen molar-refractivity contribution in [2.75, 3.05) is 7.05 Å². The van der Waals surface area contributed by atoms with Gasteiger partial charge in [0, 0.05) is 18.1 Å². The van der Waals surface area contributed by atoms with Crippen LogP contribution >= 0.6 is 43.2 Å². The molecule has 106 valence electrons. The summed E-state index contributed by atoms with van der Waals surface area (Å²) in [7, 11) is 1.84. The molecule has 0 saturated carbocycles. The van der Waals surface area contributed by atoms with Crippen molar-refractivity contribution in [3.63, 3.8) is 0 Å². The maximum atomic E-state index is 12.4. The van der Waals surface area contributed by atoms with Crippen molar-refractivity contribution in [2.24, 2.45) is 0 Å². The van der Waals surface area contributed by atoms with Crippen LogP contribution in [0.15, 0.2) is 32.5 Å². The van der Waals surface area contributed by atoms with Crippen molar-refractivity contribution >= 4 is 49.1 Å². The van der Waals surface area contributed by atoms with Crippen LogP contribution < -0.4 is 0 Å². The third-order valence-corrected chi connectivity index (χ3v) is 6.35. The molecule has 0 aliphatic rings. The van der Waals surface area contributed by atoms with Crippen molar-refractivity contribution in [1.29, 1.82) is 0 Å². The zero-order valence-electron chi connectivity index (χ0n) is 11.5. The fourth-order valence-corrected chi connectivity index (χ4v) is 4.02. The molecule has 0 N–H and O–H groups in total. The first-order chi connectivity index (χ1) is 9.38. The Hall–Kier alpha value is -0.650. The van der Waals surface area contributed by atoms with Gasteiger partial charge in [0.2, 0.25) is 0 Å². The van der Waals surface area contributed by atoms with Gasteiger partial charge in [0.1, 0.15) is 0 Å². The first-order valence-corrected chi connectivity index (χ1v) is 8.55. The van der Waals surface area contributed by atoms with E-state index in [0.717, 1.165) is 13.1 Å². The van der Waals surface area contributed by atoms with Gasteiger partial charge >= 0.3 is 0 Å². The lowest BCUT2D eigenvalue weighted by atomic mass is 10.1. The summed E-state index contributed by atoms with van der Waals surface area (Å²) in [5.74, 6) is 0.0429. The quantitative estimate of drug-likeness (QED) is 0.676. The minimum atomic E-state index is 0.0429. The molecule has 0 atom stereocenters. The van der Waals surface area contributed by atoms with Gasteiger partial charge in [0.25, 0.3) is 5.91 Å². The van der Waals surface area contributed by atoms with E-state index in [4.69, 9.17) is 0 Å². The van der Waals surface area contributed by atoms with Crippen LogP contribution in [0.1, 0.15) is 26.4 Å². The summed E-state index contributed by atoms with van der Waals surface area (Å²) in [6, 6.07) is 8.18. The predicted molar refractivity (Wildman–Crippen MR) is 91.4 cm³/mol. The van der Waals surface area contributed by atoms with Crippen LogP contribution in [0.4, 0.5) is 0 Å². The highest BCUT2D eigenvalue weighted by Crippen LogP contribution is 2.33. The smallest absolute Gasteiger partial charge is 0.264 e. The Bertz CT molecular complexity index is 632. The molecule has 0 aliphatic carbocycles. The third-order valence-electron chi connectivity index (χ3n) is 3.11. The van der Waals surface area contributed by atoms with Crippen molar-refractivity contribution in [2.45, 2.75) is 20.4 Å². The number of nitrogens with zero attached hydrogens (tertiary/aromatic N) is 1. The highest BCUT2D eigenvalue weighted by molar-refractivity contribution is 9.13. The molecule has 2 aromatic rings. The monoisotopic (exact) mass is 415 g/mol. The molecular weight excluding hydrogens is 402 g/mol. The molecule has 1 aromatic heterocycles. The number of amides is 1. The minimum absolute atomic E-state index is 0.0429. The standard InChI is InChI=1S/C15H15Br2NOS/c1-9-4-5-11(10(2)6-9)8-18(3)15(19)13-7-12(16)14(17)20-13/h4-7H,8H2,1-3H3. The Kier molecular flexibility index (Phi) is 5.04. The Balaban J connectivity index is 2.15. The third kappa shape index (κ3) is 3.51. The molecule has 5 heteroatoms. The molecule has 2 nitrogen and oxygen atoms in total. The van der Waals surface area contributed by atoms with Crippen molar-refractivity contribution < 1.29 is 4.79 Å². The Morgan fingerprint density at radius 1 is 1.25 bits per heavy atom. The second-order valence-electron chi connectivity index (χ2n) is 4.82. The zero-order chi connectivity index (χ0) is 14.9. The first-order valence-electron chi connectivity index (χ1n) is 6.15. The van der Waals surface area contributed by atoms with Crippen LogP contribution in [0.3, 0.4) is 0 Å². The molecular formula is C15H15Br2NOS. The van der Waals surface area contributed by atoms with Gasteiger partial charge in [-0.25, -0.2) is 0 Å². The predicted octanol–water partition coefficient (Wildman–Crippen LogP) is 5.16. The van der Waals surface area contributed by atoms with Crippen LogP contribution in [-0.4, -0.2) is 17.9 Å². The molecule has 0 aliphatic heterocycles. The van der Waals surface area contributed by atoms with Crippen LogP contribution in [0.25, 0.3) is 0 Å². The molecule has 0 spiro atoms. The van der Waals surface area contributed by atoms with Gasteiger partial charge in [0.15, 0.2) is 0 Å². The number of carbonyl (C=O) groups excluding carboxylic acids is 1. The number of halogens is 2. The van der Waals surface area contributed by atoms with Crippen LogP contribution in [-0.2, 0) is 6.54 Å². The number of carbonyl (C=O) groups is 1. The summed E-state index contributed by atoms with van der Waals surface area (Å²) in [6.45, 7) is 4.78. The Morgan fingerprint density at radius 2 is 1.95 bits per heavy atom. The summed E-state index contributed by atoms with van der Waals surface area (Å²) in [5.41, 5.74) is 3.64. The number of aryl methyl sites for hydroxylation is 2. The Labute approximate surface area is 140 Å². The van der Waals surface area contributed by atoms with Crippen LogP contribution in [0, 0.1) is 13.8 Å². The van der Waals surface area contributed by atoms with Crippen LogP contribution in [0.2, 0.25) is 0 Å². The van der Waals surface area contributed by atoms with Gasteiger partial charge in [-0.3, -0.25) is 4.79 Å². The minimum Gasteiger partial charge on any atom is -0.337 e. The van der Waals surface area contributed by atoms with Gasteiger partial charge in [-0.1, -0.05) is 23.8 Å². The lowest BCUT2D eigenvalue weighted by Crippen LogP contribution is -2.25. The summed E-state index contributed by atoms with van der Waals surface area (Å²) < 4.78 is 1.87. The van der Waals surface area contributed by atoms with Crippen molar-refractivity contribution in [1.82, 2.24) is 4.90 Å². The van der Waals surface area contributed by atoms with E-state index in [9.17, 15) is 4.79 Å². The lowest BCUT2D eigenvalue weighted by molar-refractivity contribution is 0.0789. The van der Waals surface area contributed by atoms with Crippen molar-refractivity contribution in [3.8, 4) is 0 Å². The van der Waals surface area contributed by atoms with Gasteiger partial charge in [0.05, 0.1) is 8.66 Å². The Morgan fingerprint density at radius 3 is 2.50 bits per heavy atom. The zero-order valence-corrected chi connectivity index (χ0v) is 15.5. The molecule has 2 rings (SSSR count). The normalized spacial score (nSPS) is 10.7. The van der Waals surface area contributed by atoms with Crippen LogP contribution in [0.5, 0.6) is 0 Å². The van der Waals surface area contributed by atoms with E-state index in [-0.39, 0.29) is 5.91 Å². The van der Waals surface area contributed by atoms with Gasteiger partial charge in [-0.05, 0) is 62.9 Å². The average molecular weight is 417 g/mol. The van der Waals surface area contributed by atoms with Crippen molar-refractivity contribution in [3.05, 3.63) is 54.1 Å². The molecule has 0 fully saturated rings. The topological polar surface area (TPSA) is 20.3 Å². The molecule has 1 heterocycles. The highest BCUT2D eigenvalue weighted by atomic mass is 79.9. The summed E-state index contributed by atoms with van der Waals surface area (Å²) >= 11 is 8.28. The molecule has 0 radical (unpaired) electrons. The molecule has 1 amide bonds. The number of benzene rings is 1. The largest absolute Gasteiger partial charge is 0.337 e. The van der Waals surface area contributed by atoms with Gasteiger partial charge < -0.3 is 4.90 Å².